The number of aromatic carboxylic acids is 1. The predicted octanol–water partition coefficient (Wildman–Crippen LogP) is 3.91. The first-order chi connectivity index (χ1) is 8.16. The van der Waals surface area contributed by atoms with Crippen LogP contribution in [0.1, 0.15) is 38.1 Å². The number of hydrogen-bond acceptors (Lipinski definition) is 2. The van der Waals surface area contributed by atoms with Crippen LogP contribution in [-0.2, 0) is 0 Å². The van der Waals surface area contributed by atoms with Crippen LogP contribution in [0.15, 0.2) is 18.2 Å². The molecule has 1 aromatic carbocycles. The molecular formula is C14H20ClNO2. The lowest BCUT2D eigenvalue weighted by molar-refractivity contribution is 0.0697. The fraction of sp³-hybridized carbons (Fsp3) is 0.500. The molecule has 1 N–H and O–H groups in total. The molecule has 1 unspecified atom stereocenters. The molecule has 0 heterocycles. The van der Waals surface area contributed by atoms with E-state index < -0.39 is 5.97 Å². The zero-order valence-corrected chi connectivity index (χ0v) is 12.2. The molecule has 0 spiro atoms. The van der Waals surface area contributed by atoms with Gasteiger partial charge in [0.25, 0.3) is 0 Å². The van der Waals surface area contributed by atoms with Crippen molar-refractivity contribution in [2.45, 2.75) is 33.7 Å². The topological polar surface area (TPSA) is 40.5 Å². The van der Waals surface area contributed by atoms with Crippen molar-refractivity contribution in [2.24, 2.45) is 5.41 Å². The maximum atomic E-state index is 11.3. The number of benzene rings is 1. The molecule has 1 atom stereocenters. The Hall–Kier alpha value is -1.22. The number of anilines is 1. The van der Waals surface area contributed by atoms with Crippen molar-refractivity contribution in [3.05, 3.63) is 28.8 Å². The Kier molecular flexibility index (Phi) is 4.28. The maximum Gasteiger partial charge on any atom is 0.337 e. The fourth-order valence-corrected chi connectivity index (χ4v) is 2.13. The summed E-state index contributed by atoms with van der Waals surface area (Å²) in [5, 5.41) is 9.70. The van der Waals surface area contributed by atoms with Gasteiger partial charge in [0.15, 0.2) is 0 Å². The number of nitrogens with zero attached hydrogens (tertiary/aromatic N) is 1. The molecule has 0 saturated heterocycles. The average molecular weight is 270 g/mol. The Morgan fingerprint density at radius 3 is 2.39 bits per heavy atom. The molecule has 0 aliphatic rings. The van der Waals surface area contributed by atoms with E-state index in [0.29, 0.717) is 10.7 Å². The average Bonchev–Trinajstić information content (AvgIpc) is 2.25. The summed E-state index contributed by atoms with van der Waals surface area (Å²) in [6.07, 6.45) is 0. The monoisotopic (exact) mass is 269 g/mol. The van der Waals surface area contributed by atoms with Crippen LogP contribution >= 0.6 is 11.6 Å². The first-order valence-corrected chi connectivity index (χ1v) is 6.28. The molecule has 4 heteroatoms. The Balaban J connectivity index is 3.28. The van der Waals surface area contributed by atoms with Crippen LogP contribution in [0.25, 0.3) is 0 Å². The Morgan fingerprint density at radius 2 is 1.94 bits per heavy atom. The Labute approximate surface area is 113 Å². The summed E-state index contributed by atoms with van der Waals surface area (Å²) in [6.45, 7) is 8.41. The largest absolute Gasteiger partial charge is 0.478 e. The van der Waals surface area contributed by atoms with Crippen LogP contribution < -0.4 is 4.90 Å². The van der Waals surface area contributed by atoms with Crippen LogP contribution in [0.4, 0.5) is 5.69 Å². The van der Waals surface area contributed by atoms with Crippen LogP contribution in [0.3, 0.4) is 0 Å². The van der Waals surface area contributed by atoms with Gasteiger partial charge in [-0.05, 0) is 24.5 Å². The van der Waals surface area contributed by atoms with Crippen molar-refractivity contribution < 1.29 is 9.90 Å². The second-order valence-corrected chi connectivity index (χ2v) is 6.00. The van der Waals surface area contributed by atoms with Crippen molar-refractivity contribution in [1.29, 1.82) is 0 Å². The van der Waals surface area contributed by atoms with E-state index in [1.807, 2.05) is 11.9 Å². The highest BCUT2D eigenvalue weighted by Crippen LogP contribution is 2.34. The molecule has 1 rings (SSSR count). The van der Waals surface area contributed by atoms with Gasteiger partial charge < -0.3 is 10.0 Å². The number of carbonyl (C=O) groups is 1. The number of carboxylic acids is 1. The number of hydrogen-bond donors (Lipinski definition) is 1. The van der Waals surface area contributed by atoms with Gasteiger partial charge in [0.2, 0.25) is 0 Å². The predicted molar refractivity (Wildman–Crippen MR) is 75.7 cm³/mol. The quantitative estimate of drug-likeness (QED) is 0.904. The number of rotatable bonds is 3. The zero-order valence-electron chi connectivity index (χ0n) is 11.5. The molecule has 0 aliphatic carbocycles. The van der Waals surface area contributed by atoms with Crippen molar-refractivity contribution >= 4 is 23.3 Å². The highest BCUT2D eigenvalue weighted by atomic mass is 35.5. The summed E-state index contributed by atoms with van der Waals surface area (Å²) < 4.78 is 0. The van der Waals surface area contributed by atoms with Crippen molar-refractivity contribution in [3.63, 3.8) is 0 Å². The van der Waals surface area contributed by atoms with Crippen molar-refractivity contribution in [1.82, 2.24) is 0 Å². The second-order valence-electron chi connectivity index (χ2n) is 5.59. The van der Waals surface area contributed by atoms with Gasteiger partial charge in [0.1, 0.15) is 0 Å². The lowest BCUT2D eigenvalue weighted by Gasteiger charge is -2.37. The van der Waals surface area contributed by atoms with Crippen molar-refractivity contribution in [3.8, 4) is 0 Å². The molecule has 1 aromatic rings. The smallest absolute Gasteiger partial charge is 0.337 e. The molecule has 0 fully saturated rings. The molecule has 100 valence electrons. The minimum absolute atomic E-state index is 0.0314. The minimum Gasteiger partial charge on any atom is -0.478 e. The maximum absolute atomic E-state index is 11.3. The molecule has 0 saturated carbocycles. The van der Waals surface area contributed by atoms with E-state index in [0.717, 1.165) is 0 Å². The van der Waals surface area contributed by atoms with E-state index in [-0.39, 0.29) is 17.0 Å². The highest BCUT2D eigenvalue weighted by Gasteiger charge is 2.27. The molecule has 3 nitrogen and oxygen atoms in total. The molecule has 0 aromatic heterocycles. The van der Waals surface area contributed by atoms with Gasteiger partial charge in [-0.3, -0.25) is 0 Å². The van der Waals surface area contributed by atoms with Crippen molar-refractivity contribution in [2.75, 3.05) is 11.9 Å². The minimum atomic E-state index is -0.958. The number of para-hydroxylation sites is 1. The van der Waals surface area contributed by atoms with Gasteiger partial charge in [-0.2, -0.15) is 0 Å². The summed E-state index contributed by atoms with van der Waals surface area (Å²) in [5.74, 6) is -0.958. The summed E-state index contributed by atoms with van der Waals surface area (Å²) in [7, 11) is 1.88. The van der Waals surface area contributed by atoms with Crippen LogP contribution in [0.2, 0.25) is 5.02 Å². The van der Waals surface area contributed by atoms with E-state index >= 15 is 0 Å². The third kappa shape index (κ3) is 2.96. The lowest BCUT2D eigenvalue weighted by Crippen LogP contribution is -2.40. The van der Waals surface area contributed by atoms with E-state index in [1.165, 1.54) is 0 Å². The van der Waals surface area contributed by atoms with E-state index in [4.69, 9.17) is 11.6 Å². The Morgan fingerprint density at radius 1 is 1.39 bits per heavy atom. The molecular weight excluding hydrogens is 250 g/mol. The highest BCUT2D eigenvalue weighted by molar-refractivity contribution is 6.34. The van der Waals surface area contributed by atoms with Gasteiger partial charge in [-0.25, -0.2) is 4.79 Å². The van der Waals surface area contributed by atoms with Gasteiger partial charge in [0, 0.05) is 13.1 Å². The molecule has 0 aliphatic heterocycles. The van der Waals surface area contributed by atoms with Gasteiger partial charge >= 0.3 is 5.97 Å². The number of carboxylic acid groups (broad SMARTS) is 1. The summed E-state index contributed by atoms with van der Waals surface area (Å²) in [5.41, 5.74) is 0.846. The first-order valence-electron chi connectivity index (χ1n) is 5.91. The summed E-state index contributed by atoms with van der Waals surface area (Å²) >= 11 is 6.16. The third-order valence-corrected chi connectivity index (χ3v) is 3.71. The molecule has 0 amide bonds. The van der Waals surface area contributed by atoms with Crippen LogP contribution in [0.5, 0.6) is 0 Å². The van der Waals surface area contributed by atoms with Crippen LogP contribution in [-0.4, -0.2) is 24.2 Å². The van der Waals surface area contributed by atoms with E-state index in [2.05, 4.69) is 27.7 Å². The Bertz CT molecular complexity index is 452. The normalized spacial score (nSPS) is 13.2. The molecule has 0 bridgehead atoms. The van der Waals surface area contributed by atoms with Gasteiger partial charge in [0.05, 0.1) is 16.3 Å². The van der Waals surface area contributed by atoms with Gasteiger partial charge in [-0.15, -0.1) is 0 Å². The number of halogens is 1. The lowest BCUT2D eigenvalue weighted by atomic mass is 9.86. The molecule has 0 radical (unpaired) electrons. The van der Waals surface area contributed by atoms with Gasteiger partial charge in [-0.1, -0.05) is 38.4 Å². The fourth-order valence-electron chi connectivity index (χ4n) is 1.82. The van der Waals surface area contributed by atoms with E-state index in [1.54, 1.807) is 18.2 Å². The summed E-state index contributed by atoms with van der Waals surface area (Å²) in [6, 6.07) is 5.12. The second kappa shape index (κ2) is 5.19. The first kappa shape index (κ1) is 14.8. The SMILES string of the molecule is CC(N(C)c1c(Cl)cccc1C(=O)O)C(C)(C)C. The standard InChI is InChI=1S/C14H20ClNO2/c1-9(14(2,3)4)16(5)12-10(13(17)18)7-6-8-11(12)15/h6-9H,1-5H3,(H,17,18). The zero-order chi connectivity index (χ0) is 14.1. The van der Waals surface area contributed by atoms with Crippen LogP contribution in [0, 0.1) is 5.41 Å². The third-order valence-electron chi connectivity index (χ3n) is 3.40. The summed E-state index contributed by atoms with van der Waals surface area (Å²) in [4.78, 5) is 13.2. The molecule has 18 heavy (non-hydrogen) atoms. The van der Waals surface area contributed by atoms with E-state index in [9.17, 15) is 9.90 Å².